The molecule has 18 heavy (non-hydrogen) atoms. The zero-order chi connectivity index (χ0) is 13.7. The van der Waals surface area contributed by atoms with Gasteiger partial charge >= 0.3 is 5.97 Å². The van der Waals surface area contributed by atoms with Crippen molar-refractivity contribution < 1.29 is 9.53 Å². The minimum absolute atomic E-state index is 0.195. The smallest absolute Gasteiger partial charge is 0.343 e. The van der Waals surface area contributed by atoms with Crippen LogP contribution in [0.1, 0.15) is 42.6 Å². The van der Waals surface area contributed by atoms with Gasteiger partial charge in [-0.25, -0.2) is 14.8 Å². The fourth-order valence-corrected chi connectivity index (χ4v) is 2.03. The van der Waals surface area contributed by atoms with Gasteiger partial charge < -0.3 is 10.5 Å². The summed E-state index contributed by atoms with van der Waals surface area (Å²) in [6.07, 6.45) is 0. The summed E-state index contributed by atoms with van der Waals surface area (Å²) in [5.74, 6) is 1.07. The van der Waals surface area contributed by atoms with E-state index in [0.717, 1.165) is 0 Å². The van der Waals surface area contributed by atoms with Gasteiger partial charge in [-0.1, -0.05) is 13.8 Å². The van der Waals surface area contributed by atoms with Crippen LogP contribution >= 0.6 is 11.8 Å². The molecular weight excluding hydrogens is 250 g/mol. The van der Waals surface area contributed by atoms with Gasteiger partial charge in [0, 0.05) is 0 Å². The molecule has 100 valence electrons. The average Bonchev–Trinajstić information content (AvgIpc) is 2.25. The molecule has 0 bridgehead atoms. The van der Waals surface area contributed by atoms with E-state index in [0.29, 0.717) is 29.1 Å². The van der Waals surface area contributed by atoms with Crippen molar-refractivity contribution >= 4 is 23.5 Å². The van der Waals surface area contributed by atoms with Crippen molar-refractivity contribution in [3.8, 4) is 0 Å². The summed E-state index contributed by atoms with van der Waals surface area (Å²) in [6.45, 7) is 8.01. The van der Waals surface area contributed by atoms with Crippen molar-refractivity contribution in [2.45, 2.75) is 38.7 Å². The van der Waals surface area contributed by atoms with Crippen molar-refractivity contribution in [1.82, 2.24) is 9.97 Å². The first-order chi connectivity index (χ1) is 8.45. The topological polar surface area (TPSA) is 78.1 Å². The number of nitrogen functional groups attached to an aromatic ring is 1. The molecule has 0 fully saturated rings. The number of anilines is 1. The average molecular weight is 269 g/mol. The molecule has 0 saturated carbocycles. The molecule has 6 heteroatoms. The number of aromatic nitrogens is 2. The molecule has 0 spiro atoms. The molecule has 0 radical (unpaired) electrons. The van der Waals surface area contributed by atoms with E-state index in [9.17, 15) is 4.79 Å². The predicted molar refractivity (Wildman–Crippen MR) is 73.6 cm³/mol. The monoisotopic (exact) mass is 269 g/mol. The molecule has 0 unspecified atom stereocenters. The molecule has 1 heterocycles. The molecule has 0 aliphatic rings. The van der Waals surface area contributed by atoms with Crippen LogP contribution in [-0.4, -0.2) is 27.8 Å². The number of nitrogens with two attached hydrogens (primary N) is 1. The number of rotatable bonds is 5. The fourth-order valence-electron chi connectivity index (χ4n) is 1.42. The standard InChI is InChI=1S/C12H19N3O2S/c1-5-17-12(16)10-8(4)14-9(15-11(10)13)6-18-7(2)3/h7H,5-6H2,1-4H3,(H2,13,14,15). The summed E-state index contributed by atoms with van der Waals surface area (Å²) in [5, 5.41) is 0.500. The summed E-state index contributed by atoms with van der Waals surface area (Å²) in [4.78, 5) is 20.1. The molecule has 0 amide bonds. The van der Waals surface area contributed by atoms with Crippen LogP contribution in [0, 0.1) is 6.92 Å². The third kappa shape index (κ3) is 3.87. The van der Waals surface area contributed by atoms with E-state index in [1.54, 1.807) is 25.6 Å². The highest BCUT2D eigenvalue weighted by atomic mass is 32.2. The van der Waals surface area contributed by atoms with Gasteiger partial charge in [0.15, 0.2) is 0 Å². The van der Waals surface area contributed by atoms with E-state index in [4.69, 9.17) is 10.5 Å². The predicted octanol–water partition coefficient (Wildman–Crippen LogP) is 2.19. The minimum Gasteiger partial charge on any atom is -0.462 e. The molecule has 1 aromatic rings. The Morgan fingerprint density at radius 1 is 1.44 bits per heavy atom. The molecule has 0 atom stereocenters. The number of thioether (sulfide) groups is 1. The third-order valence-corrected chi connectivity index (χ3v) is 3.28. The zero-order valence-electron chi connectivity index (χ0n) is 11.2. The van der Waals surface area contributed by atoms with E-state index in [2.05, 4.69) is 23.8 Å². The Hall–Kier alpha value is -1.30. The van der Waals surface area contributed by atoms with Crippen molar-refractivity contribution in [3.63, 3.8) is 0 Å². The minimum atomic E-state index is -0.462. The zero-order valence-corrected chi connectivity index (χ0v) is 12.0. The van der Waals surface area contributed by atoms with Crippen LogP contribution in [0.5, 0.6) is 0 Å². The molecule has 0 aliphatic heterocycles. The first-order valence-corrected chi connectivity index (χ1v) is 6.92. The summed E-state index contributed by atoms with van der Waals surface area (Å²) >= 11 is 1.73. The number of carbonyl (C=O) groups excluding carboxylic acids is 1. The van der Waals surface area contributed by atoms with E-state index < -0.39 is 5.97 Å². The largest absolute Gasteiger partial charge is 0.462 e. The molecule has 2 N–H and O–H groups in total. The summed E-state index contributed by atoms with van der Waals surface area (Å²) in [5.41, 5.74) is 6.64. The maximum Gasteiger partial charge on any atom is 0.343 e. The number of aryl methyl sites for hydroxylation is 1. The lowest BCUT2D eigenvalue weighted by atomic mass is 10.2. The Kier molecular flexibility index (Phi) is 5.40. The number of esters is 1. The SMILES string of the molecule is CCOC(=O)c1c(C)nc(CSC(C)C)nc1N. The lowest BCUT2D eigenvalue weighted by Crippen LogP contribution is -2.14. The normalized spacial score (nSPS) is 10.7. The second-order valence-electron chi connectivity index (χ2n) is 4.07. The van der Waals surface area contributed by atoms with Crippen molar-refractivity contribution in [1.29, 1.82) is 0 Å². The van der Waals surface area contributed by atoms with E-state index >= 15 is 0 Å². The number of carbonyl (C=O) groups is 1. The lowest BCUT2D eigenvalue weighted by Gasteiger charge is -2.10. The van der Waals surface area contributed by atoms with Crippen molar-refractivity contribution in [2.24, 2.45) is 0 Å². The summed E-state index contributed by atoms with van der Waals surface area (Å²) in [6, 6.07) is 0. The van der Waals surface area contributed by atoms with Gasteiger partial charge in [-0.3, -0.25) is 0 Å². The van der Waals surface area contributed by atoms with Gasteiger partial charge in [-0.05, 0) is 19.1 Å². The Morgan fingerprint density at radius 3 is 2.61 bits per heavy atom. The van der Waals surface area contributed by atoms with Crippen LogP contribution in [0.2, 0.25) is 0 Å². The summed E-state index contributed by atoms with van der Waals surface area (Å²) < 4.78 is 4.92. The maximum atomic E-state index is 11.7. The molecular formula is C12H19N3O2S. The van der Waals surface area contributed by atoms with Gasteiger partial charge in [-0.2, -0.15) is 11.8 Å². The van der Waals surface area contributed by atoms with Crippen LogP contribution < -0.4 is 5.73 Å². The van der Waals surface area contributed by atoms with Crippen LogP contribution in [0.4, 0.5) is 5.82 Å². The Morgan fingerprint density at radius 2 is 2.11 bits per heavy atom. The second-order valence-corrected chi connectivity index (χ2v) is 5.63. The molecule has 0 saturated heterocycles. The Bertz CT molecular complexity index is 412. The van der Waals surface area contributed by atoms with Crippen LogP contribution in [0.3, 0.4) is 0 Å². The fraction of sp³-hybridized carbons (Fsp3) is 0.583. The van der Waals surface area contributed by atoms with Gasteiger partial charge in [0.2, 0.25) is 0 Å². The van der Waals surface area contributed by atoms with Gasteiger partial charge in [-0.15, -0.1) is 0 Å². The van der Waals surface area contributed by atoms with E-state index in [1.165, 1.54) is 0 Å². The number of ether oxygens (including phenoxy) is 1. The maximum absolute atomic E-state index is 11.7. The van der Waals surface area contributed by atoms with Crippen molar-refractivity contribution in [2.75, 3.05) is 12.3 Å². The van der Waals surface area contributed by atoms with Gasteiger partial charge in [0.05, 0.1) is 18.1 Å². The molecule has 5 nitrogen and oxygen atoms in total. The molecule has 0 aliphatic carbocycles. The molecule has 1 aromatic heterocycles. The highest BCUT2D eigenvalue weighted by molar-refractivity contribution is 7.99. The third-order valence-electron chi connectivity index (χ3n) is 2.19. The van der Waals surface area contributed by atoms with Crippen LogP contribution in [0.25, 0.3) is 0 Å². The van der Waals surface area contributed by atoms with E-state index in [-0.39, 0.29) is 11.4 Å². The van der Waals surface area contributed by atoms with E-state index in [1.807, 2.05) is 0 Å². The lowest BCUT2D eigenvalue weighted by molar-refractivity contribution is 0.0526. The number of hydrogen-bond donors (Lipinski definition) is 1. The number of hydrogen-bond acceptors (Lipinski definition) is 6. The first kappa shape index (κ1) is 14.8. The van der Waals surface area contributed by atoms with Crippen molar-refractivity contribution in [3.05, 3.63) is 17.1 Å². The highest BCUT2D eigenvalue weighted by Gasteiger charge is 2.17. The van der Waals surface area contributed by atoms with Gasteiger partial charge in [0.1, 0.15) is 17.2 Å². The molecule has 0 aromatic carbocycles. The quantitative estimate of drug-likeness (QED) is 0.825. The molecule has 1 rings (SSSR count). The Balaban J connectivity index is 2.94. The second kappa shape index (κ2) is 6.58. The van der Waals surface area contributed by atoms with Crippen LogP contribution in [-0.2, 0) is 10.5 Å². The summed E-state index contributed by atoms with van der Waals surface area (Å²) in [7, 11) is 0. The first-order valence-electron chi connectivity index (χ1n) is 5.87. The highest BCUT2D eigenvalue weighted by Crippen LogP contribution is 2.19. The van der Waals surface area contributed by atoms with Gasteiger partial charge in [0.25, 0.3) is 0 Å². The van der Waals surface area contributed by atoms with Crippen LogP contribution in [0.15, 0.2) is 0 Å². The number of nitrogens with zero attached hydrogens (tertiary/aromatic N) is 2. The Labute approximate surface area is 112 Å².